The SMILES string of the molecule is CC(C)CNC(=O)c1nc(C(=O)N(C)c2ccccc2)n2c1CCCC2. The molecule has 0 unspecified atom stereocenters. The molecule has 0 bridgehead atoms. The summed E-state index contributed by atoms with van der Waals surface area (Å²) in [4.78, 5) is 31.7. The molecule has 1 aromatic heterocycles. The van der Waals surface area contributed by atoms with E-state index in [2.05, 4.69) is 10.3 Å². The minimum Gasteiger partial charge on any atom is -0.350 e. The van der Waals surface area contributed by atoms with E-state index < -0.39 is 0 Å². The van der Waals surface area contributed by atoms with Gasteiger partial charge in [-0.25, -0.2) is 4.98 Å². The number of carbonyl (C=O) groups is 2. The van der Waals surface area contributed by atoms with E-state index in [1.165, 1.54) is 0 Å². The Balaban J connectivity index is 1.92. The van der Waals surface area contributed by atoms with Gasteiger partial charge in [-0.2, -0.15) is 0 Å². The summed E-state index contributed by atoms with van der Waals surface area (Å²) in [6.45, 7) is 5.42. The van der Waals surface area contributed by atoms with Crippen LogP contribution in [0.5, 0.6) is 0 Å². The molecule has 6 heteroatoms. The molecule has 0 fully saturated rings. The number of benzene rings is 1. The summed E-state index contributed by atoms with van der Waals surface area (Å²) in [5, 5.41) is 2.92. The molecular weight excluding hydrogens is 328 g/mol. The zero-order valence-electron chi connectivity index (χ0n) is 15.7. The van der Waals surface area contributed by atoms with Crippen molar-refractivity contribution >= 4 is 17.5 Å². The number of fused-ring (bicyclic) bond motifs is 1. The zero-order valence-corrected chi connectivity index (χ0v) is 15.7. The van der Waals surface area contributed by atoms with Crippen LogP contribution in [0.2, 0.25) is 0 Å². The van der Waals surface area contributed by atoms with E-state index in [-0.39, 0.29) is 11.8 Å². The van der Waals surface area contributed by atoms with Crippen molar-refractivity contribution in [2.45, 2.75) is 39.7 Å². The Morgan fingerprint density at radius 3 is 2.65 bits per heavy atom. The fourth-order valence-electron chi connectivity index (χ4n) is 3.19. The van der Waals surface area contributed by atoms with Crippen LogP contribution in [0.1, 0.15) is 53.5 Å². The highest BCUT2D eigenvalue weighted by molar-refractivity contribution is 6.05. The fraction of sp³-hybridized carbons (Fsp3) is 0.450. The van der Waals surface area contributed by atoms with Crippen LogP contribution < -0.4 is 10.2 Å². The van der Waals surface area contributed by atoms with Crippen LogP contribution in [0, 0.1) is 5.92 Å². The van der Waals surface area contributed by atoms with Crippen LogP contribution in [0.25, 0.3) is 0 Å². The van der Waals surface area contributed by atoms with Gasteiger partial charge in [0.05, 0.1) is 5.69 Å². The lowest BCUT2D eigenvalue weighted by Crippen LogP contribution is -2.30. The molecule has 0 aliphatic carbocycles. The summed E-state index contributed by atoms with van der Waals surface area (Å²) >= 11 is 0. The van der Waals surface area contributed by atoms with Crippen LogP contribution in [-0.2, 0) is 13.0 Å². The minimum atomic E-state index is -0.192. The topological polar surface area (TPSA) is 67.2 Å². The third-order valence-corrected chi connectivity index (χ3v) is 4.64. The Morgan fingerprint density at radius 1 is 1.23 bits per heavy atom. The lowest BCUT2D eigenvalue weighted by atomic mass is 10.1. The number of nitrogens with one attached hydrogen (secondary N) is 1. The van der Waals surface area contributed by atoms with Crippen LogP contribution in [-0.4, -0.2) is 35.0 Å². The number of imidazole rings is 1. The molecule has 2 heterocycles. The molecule has 0 atom stereocenters. The van der Waals surface area contributed by atoms with Crippen molar-refractivity contribution in [1.82, 2.24) is 14.9 Å². The Hall–Kier alpha value is -2.63. The predicted octanol–water partition coefficient (Wildman–Crippen LogP) is 2.88. The average Bonchev–Trinajstić information content (AvgIpc) is 3.05. The standard InChI is InChI=1S/C20H26N4O2/c1-14(2)13-21-19(25)17-16-11-7-8-12-24(16)18(22-17)20(26)23(3)15-9-5-4-6-10-15/h4-6,9-10,14H,7-8,11-13H2,1-3H3,(H,21,25). The first kappa shape index (κ1) is 18.2. The largest absolute Gasteiger partial charge is 0.350 e. The number of carbonyl (C=O) groups excluding carboxylic acids is 2. The molecule has 1 aliphatic heterocycles. The highest BCUT2D eigenvalue weighted by atomic mass is 16.2. The van der Waals surface area contributed by atoms with Crippen LogP contribution in [0.3, 0.4) is 0 Å². The fourth-order valence-corrected chi connectivity index (χ4v) is 3.19. The summed E-state index contributed by atoms with van der Waals surface area (Å²) in [6, 6.07) is 9.47. The van der Waals surface area contributed by atoms with E-state index in [1.54, 1.807) is 11.9 Å². The molecule has 1 N–H and O–H groups in total. The number of aromatic nitrogens is 2. The van der Waals surface area contributed by atoms with Gasteiger partial charge in [-0.15, -0.1) is 0 Å². The van der Waals surface area contributed by atoms with Gasteiger partial charge < -0.3 is 14.8 Å². The van der Waals surface area contributed by atoms with Crippen molar-refractivity contribution in [2.75, 3.05) is 18.5 Å². The van der Waals surface area contributed by atoms with Gasteiger partial charge in [0, 0.05) is 25.8 Å². The van der Waals surface area contributed by atoms with Crippen molar-refractivity contribution in [3.05, 3.63) is 47.5 Å². The lowest BCUT2D eigenvalue weighted by molar-refractivity contribution is 0.0943. The van der Waals surface area contributed by atoms with Crippen molar-refractivity contribution < 1.29 is 9.59 Å². The molecule has 2 aromatic rings. The lowest BCUT2D eigenvalue weighted by Gasteiger charge is -2.20. The van der Waals surface area contributed by atoms with Gasteiger partial charge in [0.25, 0.3) is 11.8 Å². The maximum absolute atomic E-state index is 13.0. The van der Waals surface area contributed by atoms with Gasteiger partial charge in [0.2, 0.25) is 5.82 Å². The number of nitrogens with zero attached hydrogens (tertiary/aromatic N) is 3. The van der Waals surface area contributed by atoms with Gasteiger partial charge >= 0.3 is 0 Å². The van der Waals surface area contributed by atoms with E-state index >= 15 is 0 Å². The molecular formula is C20H26N4O2. The normalized spacial score (nSPS) is 13.4. The second-order valence-electron chi connectivity index (χ2n) is 7.14. The van der Waals surface area contributed by atoms with Gasteiger partial charge in [0.15, 0.2) is 0 Å². The number of amides is 2. The van der Waals surface area contributed by atoms with Gasteiger partial charge in [0.1, 0.15) is 5.69 Å². The summed E-state index contributed by atoms with van der Waals surface area (Å²) in [5.74, 6) is 0.330. The van der Waals surface area contributed by atoms with Gasteiger partial charge in [-0.3, -0.25) is 9.59 Å². The van der Waals surface area contributed by atoms with Crippen LogP contribution in [0.15, 0.2) is 30.3 Å². The zero-order chi connectivity index (χ0) is 18.7. The van der Waals surface area contributed by atoms with Crippen molar-refractivity contribution in [3.63, 3.8) is 0 Å². The molecule has 1 aliphatic rings. The van der Waals surface area contributed by atoms with E-state index in [1.807, 2.05) is 48.7 Å². The molecule has 0 saturated heterocycles. The molecule has 0 saturated carbocycles. The second-order valence-corrected chi connectivity index (χ2v) is 7.14. The highest BCUT2D eigenvalue weighted by Gasteiger charge is 2.29. The molecule has 3 rings (SSSR count). The molecule has 2 amide bonds. The molecule has 138 valence electrons. The van der Waals surface area contributed by atoms with Crippen molar-refractivity contribution in [3.8, 4) is 0 Å². The Kier molecular flexibility index (Phi) is 5.40. The summed E-state index contributed by atoms with van der Waals surface area (Å²) in [5.41, 5.74) is 2.08. The first-order chi connectivity index (χ1) is 12.5. The summed E-state index contributed by atoms with van der Waals surface area (Å²) in [6.07, 6.45) is 2.78. The van der Waals surface area contributed by atoms with Gasteiger partial charge in [-0.1, -0.05) is 32.0 Å². The third-order valence-electron chi connectivity index (χ3n) is 4.64. The van der Waals surface area contributed by atoms with Crippen LogP contribution in [0.4, 0.5) is 5.69 Å². The average molecular weight is 354 g/mol. The van der Waals surface area contributed by atoms with E-state index in [4.69, 9.17) is 0 Å². The number of rotatable bonds is 5. The smallest absolute Gasteiger partial charge is 0.294 e. The number of anilines is 1. The first-order valence-corrected chi connectivity index (χ1v) is 9.19. The maximum Gasteiger partial charge on any atom is 0.294 e. The molecule has 26 heavy (non-hydrogen) atoms. The minimum absolute atomic E-state index is 0.189. The Bertz CT molecular complexity index is 796. The second kappa shape index (κ2) is 7.72. The van der Waals surface area contributed by atoms with Crippen molar-refractivity contribution in [2.24, 2.45) is 5.92 Å². The summed E-state index contributed by atoms with van der Waals surface area (Å²) in [7, 11) is 1.74. The van der Waals surface area contributed by atoms with Crippen molar-refractivity contribution in [1.29, 1.82) is 0 Å². The summed E-state index contributed by atoms with van der Waals surface area (Å²) < 4.78 is 1.93. The first-order valence-electron chi connectivity index (χ1n) is 9.19. The molecule has 6 nitrogen and oxygen atoms in total. The molecule has 0 radical (unpaired) electrons. The van der Waals surface area contributed by atoms with E-state index in [9.17, 15) is 9.59 Å². The quantitative estimate of drug-likeness (QED) is 0.898. The molecule has 1 aromatic carbocycles. The Labute approximate surface area is 154 Å². The highest BCUT2D eigenvalue weighted by Crippen LogP contribution is 2.23. The van der Waals surface area contributed by atoms with E-state index in [0.717, 1.165) is 37.2 Å². The molecule has 0 spiro atoms. The number of hydrogen-bond acceptors (Lipinski definition) is 3. The predicted molar refractivity (Wildman–Crippen MR) is 102 cm³/mol. The van der Waals surface area contributed by atoms with E-state index in [0.29, 0.717) is 24.0 Å². The monoisotopic (exact) mass is 354 g/mol. The Morgan fingerprint density at radius 2 is 1.96 bits per heavy atom. The van der Waals surface area contributed by atoms with Gasteiger partial charge in [-0.05, 0) is 37.3 Å². The maximum atomic E-state index is 13.0. The third kappa shape index (κ3) is 3.64. The number of para-hydroxylation sites is 1. The van der Waals surface area contributed by atoms with Crippen LogP contribution >= 0.6 is 0 Å². The number of hydrogen-bond donors (Lipinski definition) is 1.